The minimum Gasteiger partial charge on any atom is -0.355 e. The minimum absolute atomic E-state index is 0.180. The summed E-state index contributed by atoms with van der Waals surface area (Å²) in [6.07, 6.45) is 1.56. The molecule has 0 aliphatic heterocycles. The normalized spacial score (nSPS) is 10.2. The van der Waals surface area contributed by atoms with Crippen molar-refractivity contribution in [1.29, 1.82) is 0 Å². The van der Waals surface area contributed by atoms with Crippen LogP contribution in [0, 0.1) is 6.92 Å². The van der Waals surface area contributed by atoms with Crippen LogP contribution in [0.5, 0.6) is 0 Å². The molecule has 2 amide bonds. The third-order valence-electron chi connectivity index (χ3n) is 3.89. The summed E-state index contributed by atoms with van der Waals surface area (Å²) in [7, 11) is 0. The zero-order chi connectivity index (χ0) is 20.1. The first-order valence-corrected chi connectivity index (χ1v) is 8.97. The number of pyridine rings is 1. The molecule has 0 bridgehead atoms. The molecule has 1 heterocycles. The average Bonchev–Trinajstić information content (AvgIpc) is 2.65. The molecule has 3 rings (SSSR count). The van der Waals surface area contributed by atoms with Gasteiger partial charge in [-0.15, -0.1) is 0 Å². The van der Waals surface area contributed by atoms with Crippen LogP contribution >= 0.6 is 11.6 Å². The van der Waals surface area contributed by atoms with Gasteiger partial charge in [0.25, 0.3) is 5.91 Å². The monoisotopic (exact) mass is 394 g/mol. The Morgan fingerprint density at radius 2 is 1.61 bits per heavy atom. The first kappa shape index (κ1) is 19.4. The maximum Gasteiger partial charge on any atom is 0.274 e. The smallest absolute Gasteiger partial charge is 0.274 e. The summed E-state index contributed by atoms with van der Waals surface area (Å²) in [5.41, 5.74) is 3.94. The Kier molecular flexibility index (Phi) is 5.91. The summed E-state index contributed by atoms with van der Waals surface area (Å²) >= 11 is 6.15. The van der Waals surface area contributed by atoms with Gasteiger partial charge in [0, 0.05) is 40.9 Å². The quantitative estimate of drug-likeness (QED) is 0.568. The number of hydrogen-bond acceptors (Lipinski definition) is 4. The number of rotatable bonds is 5. The van der Waals surface area contributed by atoms with Crippen LogP contribution in [0.15, 0.2) is 60.8 Å². The molecule has 0 saturated heterocycles. The van der Waals surface area contributed by atoms with Gasteiger partial charge in [0.05, 0.1) is 0 Å². The number of amides is 2. The number of hydrogen-bond donors (Lipinski definition) is 3. The Balaban J connectivity index is 1.73. The number of nitrogens with one attached hydrogen (secondary N) is 3. The van der Waals surface area contributed by atoms with Gasteiger partial charge in [0.15, 0.2) is 0 Å². The third-order valence-corrected chi connectivity index (χ3v) is 4.30. The van der Waals surface area contributed by atoms with Crippen LogP contribution in [-0.4, -0.2) is 16.8 Å². The van der Waals surface area contributed by atoms with Crippen LogP contribution in [0.3, 0.4) is 0 Å². The summed E-state index contributed by atoms with van der Waals surface area (Å²) < 4.78 is 0. The lowest BCUT2D eigenvalue weighted by molar-refractivity contribution is -0.114. The number of carbonyl (C=O) groups is 2. The van der Waals surface area contributed by atoms with Crippen molar-refractivity contribution in [2.75, 3.05) is 16.0 Å². The lowest BCUT2D eigenvalue weighted by Gasteiger charge is -2.10. The minimum atomic E-state index is -0.356. The van der Waals surface area contributed by atoms with Gasteiger partial charge < -0.3 is 16.0 Å². The van der Waals surface area contributed by atoms with Crippen molar-refractivity contribution >= 4 is 46.2 Å². The fourth-order valence-electron chi connectivity index (χ4n) is 2.54. The Bertz CT molecular complexity index is 1040. The predicted octanol–water partition coefficient (Wildman–Crippen LogP) is 5.00. The lowest BCUT2D eigenvalue weighted by Crippen LogP contribution is -2.14. The van der Waals surface area contributed by atoms with Crippen molar-refractivity contribution in [1.82, 2.24) is 4.98 Å². The standard InChI is InChI=1S/C21H19ClN4O2/c1-13-6-7-17(11-19(13)22)25-18-8-9-23-20(12-18)21(28)26-16-5-3-4-15(10-16)24-14(2)27/h3-12H,1-2H3,(H,23,25)(H,24,27)(H,26,28). The van der Waals surface area contributed by atoms with Gasteiger partial charge in [-0.3, -0.25) is 14.6 Å². The van der Waals surface area contributed by atoms with Crippen molar-refractivity contribution in [3.63, 3.8) is 0 Å². The number of carbonyl (C=O) groups excluding carboxylic acids is 2. The van der Waals surface area contributed by atoms with E-state index in [2.05, 4.69) is 20.9 Å². The molecule has 3 aromatic rings. The van der Waals surface area contributed by atoms with Gasteiger partial charge in [-0.1, -0.05) is 23.7 Å². The molecule has 28 heavy (non-hydrogen) atoms. The fourth-order valence-corrected chi connectivity index (χ4v) is 2.72. The van der Waals surface area contributed by atoms with Gasteiger partial charge in [0.2, 0.25) is 5.91 Å². The Morgan fingerprint density at radius 1 is 0.893 bits per heavy atom. The van der Waals surface area contributed by atoms with E-state index in [4.69, 9.17) is 11.6 Å². The van der Waals surface area contributed by atoms with Gasteiger partial charge in [-0.2, -0.15) is 0 Å². The molecule has 0 unspecified atom stereocenters. The highest BCUT2D eigenvalue weighted by Crippen LogP contribution is 2.23. The predicted molar refractivity (Wildman–Crippen MR) is 112 cm³/mol. The zero-order valence-electron chi connectivity index (χ0n) is 15.4. The molecule has 0 aliphatic rings. The third kappa shape index (κ3) is 5.08. The van der Waals surface area contributed by atoms with E-state index in [9.17, 15) is 9.59 Å². The van der Waals surface area contributed by atoms with Gasteiger partial charge in [0.1, 0.15) is 5.69 Å². The molecule has 0 fully saturated rings. The van der Waals surface area contributed by atoms with Crippen molar-refractivity contribution in [3.05, 3.63) is 77.1 Å². The zero-order valence-corrected chi connectivity index (χ0v) is 16.2. The van der Waals surface area contributed by atoms with Crippen molar-refractivity contribution in [2.24, 2.45) is 0 Å². The Morgan fingerprint density at radius 3 is 2.32 bits per heavy atom. The molecule has 142 valence electrons. The molecule has 0 aliphatic carbocycles. The first-order chi connectivity index (χ1) is 13.4. The van der Waals surface area contributed by atoms with E-state index in [1.807, 2.05) is 25.1 Å². The van der Waals surface area contributed by atoms with Crippen LogP contribution in [-0.2, 0) is 4.79 Å². The average molecular weight is 395 g/mol. The van der Waals surface area contributed by atoms with E-state index < -0.39 is 0 Å². The van der Waals surface area contributed by atoms with Crippen LogP contribution in [0.1, 0.15) is 23.0 Å². The lowest BCUT2D eigenvalue weighted by atomic mass is 10.2. The van der Waals surface area contributed by atoms with Crippen LogP contribution in [0.2, 0.25) is 5.02 Å². The topological polar surface area (TPSA) is 83.1 Å². The number of benzene rings is 2. The van der Waals surface area contributed by atoms with E-state index in [0.717, 1.165) is 11.3 Å². The number of halogens is 1. The molecule has 2 aromatic carbocycles. The summed E-state index contributed by atoms with van der Waals surface area (Å²) in [5.74, 6) is -0.536. The molecular formula is C21H19ClN4O2. The molecule has 6 nitrogen and oxygen atoms in total. The second kappa shape index (κ2) is 8.54. The Hall–Kier alpha value is -3.38. The first-order valence-electron chi connectivity index (χ1n) is 8.59. The van der Waals surface area contributed by atoms with Crippen LogP contribution in [0.4, 0.5) is 22.7 Å². The molecule has 1 aromatic heterocycles. The molecule has 0 spiro atoms. The largest absolute Gasteiger partial charge is 0.355 e. The van der Waals surface area contributed by atoms with Crippen molar-refractivity contribution in [3.8, 4) is 0 Å². The molecule has 0 atom stereocenters. The van der Waals surface area contributed by atoms with E-state index in [-0.39, 0.29) is 17.5 Å². The highest BCUT2D eigenvalue weighted by Gasteiger charge is 2.10. The summed E-state index contributed by atoms with van der Waals surface area (Å²) in [6, 6.07) is 16.0. The molecule has 3 N–H and O–H groups in total. The van der Waals surface area contributed by atoms with E-state index in [1.54, 1.807) is 42.6 Å². The van der Waals surface area contributed by atoms with Crippen molar-refractivity contribution in [2.45, 2.75) is 13.8 Å². The van der Waals surface area contributed by atoms with Gasteiger partial charge >= 0.3 is 0 Å². The maximum absolute atomic E-state index is 12.5. The van der Waals surface area contributed by atoms with E-state index in [0.29, 0.717) is 22.1 Å². The van der Waals surface area contributed by atoms with Crippen molar-refractivity contribution < 1.29 is 9.59 Å². The van der Waals surface area contributed by atoms with E-state index in [1.165, 1.54) is 6.92 Å². The SMILES string of the molecule is CC(=O)Nc1cccc(NC(=O)c2cc(Nc3ccc(C)c(Cl)c3)ccn2)c1. The van der Waals surface area contributed by atoms with Gasteiger partial charge in [-0.25, -0.2) is 0 Å². The summed E-state index contributed by atoms with van der Waals surface area (Å²) in [6.45, 7) is 3.36. The molecular weight excluding hydrogens is 376 g/mol. The molecule has 7 heteroatoms. The number of aryl methyl sites for hydroxylation is 1. The Labute approximate surface area is 168 Å². The highest BCUT2D eigenvalue weighted by molar-refractivity contribution is 6.31. The number of nitrogens with zero attached hydrogens (tertiary/aromatic N) is 1. The second-order valence-electron chi connectivity index (χ2n) is 6.23. The fraction of sp³-hybridized carbons (Fsp3) is 0.0952. The second-order valence-corrected chi connectivity index (χ2v) is 6.64. The highest BCUT2D eigenvalue weighted by atomic mass is 35.5. The maximum atomic E-state index is 12.5. The molecule has 0 saturated carbocycles. The van der Waals surface area contributed by atoms with Crippen LogP contribution < -0.4 is 16.0 Å². The summed E-state index contributed by atoms with van der Waals surface area (Å²) in [5, 5.41) is 9.33. The van der Waals surface area contributed by atoms with E-state index >= 15 is 0 Å². The van der Waals surface area contributed by atoms with Gasteiger partial charge in [-0.05, 0) is 55.0 Å². The number of anilines is 4. The summed E-state index contributed by atoms with van der Waals surface area (Å²) in [4.78, 5) is 27.8. The van der Waals surface area contributed by atoms with Crippen LogP contribution in [0.25, 0.3) is 0 Å². The molecule has 0 radical (unpaired) electrons. The number of aromatic nitrogens is 1.